The van der Waals surface area contributed by atoms with E-state index in [9.17, 15) is 9.59 Å². The lowest BCUT2D eigenvalue weighted by molar-refractivity contribution is -0.141. The third-order valence-electron chi connectivity index (χ3n) is 6.92. The van der Waals surface area contributed by atoms with E-state index in [2.05, 4.69) is 6.92 Å². The molecule has 0 aliphatic rings. The minimum Gasteiger partial charge on any atom is -0.494 e. The number of ether oxygens (including phenoxy) is 3. The third-order valence-corrected chi connectivity index (χ3v) is 6.92. The predicted molar refractivity (Wildman–Crippen MR) is 174 cm³/mol. The zero-order chi connectivity index (χ0) is 30.3. The largest absolute Gasteiger partial charge is 0.494 e. The fourth-order valence-corrected chi connectivity index (χ4v) is 4.56. The maximum Gasteiger partial charge on any atom is 0.336 e. The summed E-state index contributed by atoms with van der Waals surface area (Å²) in [6, 6.07) is 14.6. The van der Waals surface area contributed by atoms with E-state index >= 15 is 0 Å². The molecule has 0 heterocycles. The number of hydrogen-bond donors (Lipinski definition) is 0. The number of rotatable bonds is 22. The van der Waals surface area contributed by atoms with Gasteiger partial charge >= 0.3 is 11.9 Å². The Morgan fingerprint density at radius 1 is 0.595 bits per heavy atom. The molecule has 0 amide bonds. The first-order valence-corrected chi connectivity index (χ1v) is 16.1. The number of unbranched alkanes of at least 4 members (excludes halogenated alkanes) is 13. The molecule has 0 saturated carbocycles. The average Bonchev–Trinajstić information content (AvgIpc) is 2.98. The molecule has 0 aromatic heterocycles. The maximum absolute atomic E-state index is 12.2. The van der Waals surface area contributed by atoms with Crippen LogP contribution in [0.4, 0.5) is 0 Å². The summed E-state index contributed by atoms with van der Waals surface area (Å²) >= 11 is 0. The Kier molecular flexibility index (Phi) is 18.5. The molecule has 5 nitrogen and oxygen atoms in total. The Bertz CT molecular complexity index is 1050. The minimum atomic E-state index is -0.461. The summed E-state index contributed by atoms with van der Waals surface area (Å²) in [4.78, 5) is 23.8. The molecule has 2 rings (SSSR count). The molecular weight excluding hydrogens is 524 g/mol. The highest BCUT2D eigenvalue weighted by molar-refractivity contribution is 5.89. The van der Waals surface area contributed by atoms with Gasteiger partial charge in [0.1, 0.15) is 11.5 Å². The van der Waals surface area contributed by atoms with Crippen molar-refractivity contribution in [3.8, 4) is 11.5 Å². The molecule has 0 saturated heterocycles. The van der Waals surface area contributed by atoms with Gasteiger partial charge in [0.2, 0.25) is 0 Å². The molecule has 0 N–H and O–H groups in total. The second-order valence-corrected chi connectivity index (χ2v) is 11.2. The zero-order valence-corrected chi connectivity index (χ0v) is 26.2. The van der Waals surface area contributed by atoms with Crippen LogP contribution in [-0.4, -0.2) is 24.6 Å². The molecule has 0 spiro atoms. The van der Waals surface area contributed by atoms with Gasteiger partial charge in [-0.05, 0) is 67.8 Å². The Labute approximate surface area is 254 Å². The summed E-state index contributed by atoms with van der Waals surface area (Å²) in [7, 11) is 0. The SMILES string of the molecule is CCCCCCCCCCCCCCCCOc1ccc(/C=C/C(=O)Oc2ccc(/C=C/C(=O)OC(C)C)cc2)cc1. The molecular formula is C37H52O5. The summed E-state index contributed by atoms with van der Waals surface area (Å²) in [6.07, 6.45) is 24.9. The second kappa shape index (κ2) is 22.3. The van der Waals surface area contributed by atoms with E-state index in [-0.39, 0.29) is 6.10 Å². The van der Waals surface area contributed by atoms with Crippen molar-refractivity contribution in [2.24, 2.45) is 0 Å². The summed E-state index contributed by atoms with van der Waals surface area (Å²) < 4.78 is 16.3. The van der Waals surface area contributed by atoms with Gasteiger partial charge in [-0.25, -0.2) is 9.59 Å². The first-order valence-electron chi connectivity index (χ1n) is 16.1. The van der Waals surface area contributed by atoms with Crippen molar-refractivity contribution in [1.29, 1.82) is 0 Å². The molecule has 2 aromatic rings. The van der Waals surface area contributed by atoms with Crippen LogP contribution in [0.15, 0.2) is 60.7 Å². The predicted octanol–water partition coefficient (Wildman–Crippen LogP) is 10.1. The highest BCUT2D eigenvalue weighted by atomic mass is 16.5. The van der Waals surface area contributed by atoms with Crippen molar-refractivity contribution in [1.82, 2.24) is 0 Å². The third kappa shape index (κ3) is 17.5. The van der Waals surface area contributed by atoms with E-state index in [4.69, 9.17) is 14.2 Å². The Balaban J connectivity index is 1.54. The van der Waals surface area contributed by atoms with Crippen molar-refractivity contribution in [2.45, 2.75) is 117 Å². The summed E-state index contributed by atoms with van der Waals surface area (Å²) in [5.41, 5.74) is 1.70. The molecule has 0 unspecified atom stereocenters. The number of carbonyl (C=O) groups is 2. The molecule has 42 heavy (non-hydrogen) atoms. The van der Waals surface area contributed by atoms with Crippen LogP contribution in [0.1, 0.15) is 122 Å². The van der Waals surface area contributed by atoms with Gasteiger partial charge in [-0.3, -0.25) is 0 Å². The van der Waals surface area contributed by atoms with Crippen LogP contribution in [0.3, 0.4) is 0 Å². The van der Waals surface area contributed by atoms with E-state index < -0.39 is 11.9 Å². The summed E-state index contributed by atoms with van der Waals surface area (Å²) in [6.45, 7) is 6.61. The Morgan fingerprint density at radius 3 is 1.50 bits per heavy atom. The second-order valence-electron chi connectivity index (χ2n) is 11.2. The van der Waals surface area contributed by atoms with Crippen molar-refractivity contribution in [3.63, 3.8) is 0 Å². The summed E-state index contributed by atoms with van der Waals surface area (Å²) in [5, 5.41) is 0. The topological polar surface area (TPSA) is 61.8 Å². The first-order chi connectivity index (χ1) is 20.5. The smallest absolute Gasteiger partial charge is 0.336 e. The highest BCUT2D eigenvalue weighted by Gasteiger charge is 2.03. The van der Waals surface area contributed by atoms with Crippen LogP contribution < -0.4 is 9.47 Å². The van der Waals surface area contributed by atoms with Gasteiger partial charge in [-0.15, -0.1) is 0 Å². The monoisotopic (exact) mass is 576 g/mol. The molecule has 0 bridgehead atoms. The van der Waals surface area contributed by atoms with Crippen molar-refractivity contribution in [2.75, 3.05) is 6.61 Å². The number of esters is 2. The standard InChI is InChI=1S/C37H52O5/c1-4-5-6-7-8-9-10-11-12-13-14-15-16-17-30-40-34-24-18-32(19-25-34)23-29-37(39)42-35-26-20-33(21-27-35)22-28-36(38)41-31(2)3/h18-29,31H,4-17,30H2,1-3H3/b28-22+,29-23+. The molecule has 5 heteroatoms. The van der Waals surface area contributed by atoms with E-state index in [1.807, 2.05) is 24.3 Å². The molecule has 0 atom stereocenters. The van der Waals surface area contributed by atoms with Crippen molar-refractivity contribution < 1.29 is 23.8 Å². The van der Waals surface area contributed by atoms with Crippen LogP contribution >= 0.6 is 0 Å². The van der Waals surface area contributed by atoms with E-state index in [1.54, 1.807) is 50.3 Å². The number of benzene rings is 2. The van der Waals surface area contributed by atoms with E-state index in [0.29, 0.717) is 5.75 Å². The van der Waals surface area contributed by atoms with Gasteiger partial charge in [0.15, 0.2) is 0 Å². The van der Waals surface area contributed by atoms with Crippen LogP contribution in [0.25, 0.3) is 12.2 Å². The maximum atomic E-state index is 12.2. The van der Waals surface area contributed by atoms with E-state index in [1.165, 1.54) is 95.6 Å². The van der Waals surface area contributed by atoms with E-state index in [0.717, 1.165) is 29.9 Å². The fraction of sp³-hybridized carbons (Fsp3) is 0.514. The number of hydrogen-bond acceptors (Lipinski definition) is 5. The van der Waals surface area contributed by atoms with Crippen LogP contribution in [0.5, 0.6) is 11.5 Å². The van der Waals surface area contributed by atoms with Gasteiger partial charge in [0.05, 0.1) is 12.7 Å². The van der Waals surface area contributed by atoms with Crippen LogP contribution in [-0.2, 0) is 14.3 Å². The minimum absolute atomic E-state index is 0.160. The van der Waals surface area contributed by atoms with Crippen LogP contribution in [0, 0.1) is 0 Å². The number of carbonyl (C=O) groups excluding carboxylic acids is 2. The lowest BCUT2D eigenvalue weighted by Gasteiger charge is -2.07. The average molecular weight is 577 g/mol. The van der Waals surface area contributed by atoms with Crippen molar-refractivity contribution in [3.05, 3.63) is 71.8 Å². The van der Waals surface area contributed by atoms with Crippen molar-refractivity contribution >= 4 is 24.1 Å². The fourth-order valence-electron chi connectivity index (χ4n) is 4.56. The van der Waals surface area contributed by atoms with Gasteiger partial charge in [0.25, 0.3) is 0 Å². The molecule has 230 valence electrons. The van der Waals surface area contributed by atoms with Gasteiger partial charge < -0.3 is 14.2 Å². The van der Waals surface area contributed by atoms with Gasteiger partial charge in [-0.1, -0.05) is 115 Å². The summed E-state index contributed by atoms with van der Waals surface area (Å²) in [5.74, 6) is 0.419. The van der Waals surface area contributed by atoms with Crippen LogP contribution in [0.2, 0.25) is 0 Å². The first kappa shape index (κ1) is 34.9. The quantitative estimate of drug-likeness (QED) is 0.0604. The molecule has 2 aromatic carbocycles. The normalized spacial score (nSPS) is 11.4. The molecule has 0 aliphatic heterocycles. The molecule has 0 aliphatic carbocycles. The molecule has 0 fully saturated rings. The zero-order valence-electron chi connectivity index (χ0n) is 26.2. The Hall–Kier alpha value is -3.34. The molecule has 0 radical (unpaired) electrons. The highest BCUT2D eigenvalue weighted by Crippen LogP contribution is 2.17. The van der Waals surface area contributed by atoms with Gasteiger partial charge in [-0.2, -0.15) is 0 Å². The lowest BCUT2D eigenvalue weighted by atomic mass is 10.0. The van der Waals surface area contributed by atoms with Gasteiger partial charge in [0, 0.05) is 12.2 Å². The lowest BCUT2D eigenvalue weighted by Crippen LogP contribution is -2.08. The Morgan fingerprint density at radius 2 is 1.02 bits per heavy atom.